The molecule has 5 nitrogen and oxygen atoms in total. The maximum Gasteiger partial charge on any atom is 0.198 e. The van der Waals surface area contributed by atoms with Crippen LogP contribution in [-0.2, 0) is 0 Å². The summed E-state index contributed by atoms with van der Waals surface area (Å²) >= 11 is 5.85. The number of anilines is 1. The zero-order valence-corrected chi connectivity index (χ0v) is 11.0. The number of hydrogen-bond donors (Lipinski definition) is 2. The summed E-state index contributed by atoms with van der Waals surface area (Å²) in [7, 11) is 1.50. The normalized spacial score (nSPS) is 12.6. The van der Waals surface area contributed by atoms with E-state index in [0.717, 1.165) is 6.42 Å². The number of halogens is 1. The van der Waals surface area contributed by atoms with Crippen LogP contribution in [0.1, 0.15) is 20.3 Å². The van der Waals surface area contributed by atoms with Crippen LogP contribution in [0.15, 0.2) is 6.33 Å². The van der Waals surface area contributed by atoms with Gasteiger partial charge in [-0.3, -0.25) is 0 Å². The van der Waals surface area contributed by atoms with Crippen molar-refractivity contribution in [3.8, 4) is 5.75 Å². The van der Waals surface area contributed by atoms with Crippen molar-refractivity contribution in [3.05, 3.63) is 11.5 Å². The molecule has 1 atom stereocenters. The molecule has 96 valence electrons. The maximum absolute atomic E-state index is 9.73. The van der Waals surface area contributed by atoms with Crippen molar-refractivity contribution in [1.29, 1.82) is 0 Å². The molecule has 1 aromatic heterocycles. The summed E-state index contributed by atoms with van der Waals surface area (Å²) in [6.07, 6.45) is 1.66. The highest BCUT2D eigenvalue weighted by Gasteiger charge is 2.12. The minimum absolute atomic E-state index is 0.253. The average Bonchev–Trinajstić information content (AvgIpc) is 2.25. The molecular formula is C11H18ClN3O2. The highest BCUT2D eigenvalue weighted by molar-refractivity contribution is 6.31. The van der Waals surface area contributed by atoms with E-state index in [2.05, 4.69) is 29.1 Å². The molecule has 1 aromatic rings. The fraction of sp³-hybridized carbons (Fsp3) is 0.636. The van der Waals surface area contributed by atoms with Crippen LogP contribution in [0, 0.1) is 5.92 Å². The SMILES string of the molecule is COc1c(Cl)ncnc1NCC(O)CC(C)C. The van der Waals surface area contributed by atoms with Gasteiger partial charge in [-0.1, -0.05) is 25.4 Å². The molecule has 0 amide bonds. The fourth-order valence-electron chi connectivity index (χ4n) is 1.50. The van der Waals surface area contributed by atoms with Gasteiger partial charge in [-0.25, -0.2) is 9.97 Å². The molecule has 0 saturated carbocycles. The standard InChI is InChI=1S/C11H18ClN3O2/c1-7(2)4-8(16)5-13-11-9(17-3)10(12)14-6-15-11/h6-8,16H,4-5H2,1-3H3,(H,13,14,15). The summed E-state index contributed by atoms with van der Waals surface area (Å²) in [6.45, 7) is 4.53. The zero-order chi connectivity index (χ0) is 12.8. The first-order valence-corrected chi connectivity index (χ1v) is 5.88. The highest BCUT2D eigenvalue weighted by atomic mass is 35.5. The van der Waals surface area contributed by atoms with E-state index in [-0.39, 0.29) is 5.15 Å². The van der Waals surface area contributed by atoms with Gasteiger partial charge >= 0.3 is 0 Å². The molecule has 0 aromatic carbocycles. The Labute approximate surface area is 106 Å². The predicted molar refractivity (Wildman–Crippen MR) is 67.5 cm³/mol. The Morgan fingerprint density at radius 3 is 2.76 bits per heavy atom. The molecule has 2 N–H and O–H groups in total. The first kappa shape index (κ1) is 14.0. The molecule has 1 heterocycles. The lowest BCUT2D eigenvalue weighted by Gasteiger charge is -2.15. The van der Waals surface area contributed by atoms with Crippen molar-refractivity contribution < 1.29 is 9.84 Å². The molecule has 17 heavy (non-hydrogen) atoms. The molecule has 0 aliphatic heterocycles. The van der Waals surface area contributed by atoms with Gasteiger partial charge in [-0.15, -0.1) is 0 Å². The predicted octanol–water partition coefficient (Wildman–Crippen LogP) is 1.96. The van der Waals surface area contributed by atoms with E-state index in [1.807, 2.05) is 0 Å². The molecule has 0 radical (unpaired) electrons. The molecule has 1 rings (SSSR count). The maximum atomic E-state index is 9.73. The molecule has 0 bridgehead atoms. The van der Waals surface area contributed by atoms with E-state index >= 15 is 0 Å². The fourth-order valence-corrected chi connectivity index (χ4v) is 1.71. The van der Waals surface area contributed by atoms with Crippen molar-refractivity contribution in [2.45, 2.75) is 26.4 Å². The zero-order valence-electron chi connectivity index (χ0n) is 10.3. The van der Waals surface area contributed by atoms with Crippen LogP contribution >= 0.6 is 11.6 Å². The lowest BCUT2D eigenvalue weighted by molar-refractivity contribution is 0.161. The lowest BCUT2D eigenvalue weighted by Crippen LogP contribution is -2.22. The Morgan fingerprint density at radius 1 is 1.47 bits per heavy atom. The number of nitrogens with zero attached hydrogens (tertiary/aromatic N) is 2. The van der Waals surface area contributed by atoms with Crippen molar-refractivity contribution in [2.75, 3.05) is 19.0 Å². The molecule has 0 saturated heterocycles. The van der Waals surface area contributed by atoms with Gasteiger partial charge in [0, 0.05) is 6.54 Å². The molecule has 0 aliphatic rings. The molecule has 6 heteroatoms. The van der Waals surface area contributed by atoms with E-state index in [1.165, 1.54) is 13.4 Å². The van der Waals surface area contributed by atoms with Crippen molar-refractivity contribution in [3.63, 3.8) is 0 Å². The summed E-state index contributed by atoms with van der Waals surface area (Å²) < 4.78 is 5.09. The number of aromatic nitrogens is 2. The molecule has 0 fully saturated rings. The third-order valence-electron chi connectivity index (χ3n) is 2.21. The van der Waals surface area contributed by atoms with E-state index in [9.17, 15) is 5.11 Å². The smallest absolute Gasteiger partial charge is 0.198 e. The number of ether oxygens (including phenoxy) is 1. The summed E-state index contributed by atoms with van der Waals surface area (Å²) in [4.78, 5) is 7.83. The van der Waals surface area contributed by atoms with Gasteiger partial charge in [0.2, 0.25) is 0 Å². The Bertz CT molecular complexity index is 361. The summed E-state index contributed by atoms with van der Waals surface area (Å²) in [6, 6.07) is 0. The van der Waals surface area contributed by atoms with Crippen LogP contribution in [0.25, 0.3) is 0 Å². The number of hydrogen-bond acceptors (Lipinski definition) is 5. The van der Waals surface area contributed by atoms with E-state index in [4.69, 9.17) is 16.3 Å². The third-order valence-corrected chi connectivity index (χ3v) is 2.48. The van der Waals surface area contributed by atoms with Crippen LogP contribution in [-0.4, -0.2) is 34.8 Å². The van der Waals surface area contributed by atoms with Crippen LogP contribution in [0.3, 0.4) is 0 Å². The minimum atomic E-state index is -0.423. The quantitative estimate of drug-likeness (QED) is 0.765. The number of aliphatic hydroxyl groups excluding tert-OH is 1. The van der Waals surface area contributed by atoms with Gasteiger partial charge < -0.3 is 15.2 Å². The first-order valence-electron chi connectivity index (χ1n) is 5.51. The van der Waals surface area contributed by atoms with Crippen LogP contribution in [0.5, 0.6) is 5.75 Å². The number of nitrogens with one attached hydrogen (secondary N) is 1. The summed E-state index contributed by atoms with van der Waals surface area (Å²) in [5.74, 6) is 1.34. The second-order valence-corrected chi connectivity index (χ2v) is 4.57. The van der Waals surface area contributed by atoms with Gasteiger partial charge in [-0.05, 0) is 12.3 Å². The second kappa shape index (κ2) is 6.61. The van der Waals surface area contributed by atoms with Crippen molar-refractivity contribution in [2.24, 2.45) is 5.92 Å². The van der Waals surface area contributed by atoms with Crippen molar-refractivity contribution in [1.82, 2.24) is 9.97 Å². The average molecular weight is 260 g/mol. The Balaban J connectivity index is 2.60. The number of methoxy groups -OCH3 is 1. The molecule has 0 aliphatic carbocycles. The van der Waals surface area contributed by atoms with Gasteiger partial charge in [0.25, 0.3) is 0 Å². The first-order chi connectivity index (χ1) is 8.04. The highest BCUT2D eigenvalue weighted by Crippen LogP contribution is 2.28. The molecular weight excluding hydrogens is 242 g/mol. The van der Waals surface area contributed by atoms with E-state index in [0.29, 0.717) is 24.0 Å². The van der Waals surface area contributed by atoms with Crippen LogP contribution < -0.4 is 10.1 Å². The van der Waals surface area contributed by atoms with Gasteiger partial charge in [-0.2, -0.15) is 0 Å². The van der Waals surface area contributed by atoms with E-state index in [1.54, 1.807) is 0 Å². The topological polar surface area (TPSA) is 67.3 Å². The molecule has 0 spiro atoms. The number of aliphatic hydroxyl groups is 1. The Hall–Kier alpha value is -1.07. The van der Waals surface area contributed by atoms with E-state index < -0.39 is 6.10 Å². The Morgan fingerprint density at radius 2 is 2.18 bits per heavy atom. The van der Waals surface area contributed by atoms with Crippen LogP contribution in [0.2, 0.25) is 5.15 Å². The Kier molecular flexibility index (Phi) is 5.44. The van der Waals surface area contributed by atoms with Gasteiger partial charge in [0.05, 0.1) is 13.2 Å². The minimum Gasteiger partial charge on any atom is -0.490 e. The lowest BCUT2D eigenvalue weighted by atomic mass is 10.1. The van der Waals surface area contributed by atoms with Gasteiger partial charge in [0.1, 0.15) is 6.33 Å². The van der Waals surface area contributed by atoms with Gasteiger partial charge in [0.15, 0.2) is 16.7 Å². The summed E-state index contributed by atoms with van der Waals surface area (Å²) in [5, 5.41) is 13.0. The number of rotatable bonds is 6. The van der Waals surface area contributed by atoms with Crippen LogP contribution in [0.4, 0.5) is 5.82 Å². The second-order valence-electron chi connectivity index (χ2n) is 4.21. The molecule has 1 unspecified atom stereocenters. The third kappa shape index (κ3) is 4.36. The largest absolute Gasteiger partial charge is 0.490 e. The van der Waals surface area contributed by atoms with Crippen molar-refractivity contribution >= 4 is 17.4 Å². The summed E-state index contributed by atoms with van der Waals surface area (Å²) in [5.41, 5.74) is 0. The monoisotopic (exact) mass is 259 g/mol.